The molecule has 0 saturated heterocycles. The number of fused-ring (bicyclic) bond motifs is 1. The van der Waals surface area contributed by atoms with E-state index in [-0.39, 0.29) is 18.1 Å². The molecule has 1 heterocycles. The van der Waals surface area contributed by atoms with Crippen LogP contribution >= 0.6 is 0 Å². The van der Waals surface area contributed by atoms with E-state index in [1.165, 1.54) is 6.92 Å². The van der Waals surface area contributed by atoms with Crippen molar-refractivity contribution >= 4 is 22.7 Å². The highest BCUT2D eigenvalue weighted by atomic mass is 16.5. The first-order chi connectivity index (χ1) is 13.5. The lowest BCUT2D eigenvalue weighted by Crippen LogP contribution is -2.09. The molecule has 0 aliphatic carbocycles. The lowest BCUT2D eigenvalue weighted by atomic mass is 10.1. The predicted octanol–water partition coefficient (Wildman–Crippen LogP) is 4.20. The van der Waals surface area contributed by atoms with E-state index in [4.69, 9.17) is 14.2 Å². The molecule has 0 bridgehead atoms. The van der Waals surface area contributed by atoms with Gasteiger partial charge in [0.15, 0.2) is 5.78 Å². The molecule has 0 N–H and O–H groups in total. The monoisotopic (exact) mass is 379 g/mol. The van der Waals surface area contributed by atoms with Crippen molar-refractivity contribution in [3.63, 3.8) is 0 Å². The number of esters is 1. The Morgan fingerprint density at radius 1 is 1.04 bits per heavy atom. The molecule has 3 aromatic rings. The number of ketones is 1. The van der Waals surface area contributed by atoms with Gasteiger partial charge in [0, 0.05) is 16.5 Å². The second kappa shape index (κ2) is 8.52. The van der Waals surface area contributed by atoms with E-state index in [2.05, 4.69) is 4.98 Å². The Labute approximate surface area is 163 Å². The first-order valence-electron chi connectivity index (χ1n) is 8.90. The van der Waals surface area contributed by atoms with E-state index in [0.29, 0.717) is 29.0 Å². The molecular weight excluding hydrogens is 358 g/mol. The number of rotatable bonds is 7. The average Bonchev–Trinajstić information content (AvgIpc) is 2.71. The zero-order valence-corrected chi connectivity index (χ0v) is 16.0. The summed E-state index contributed by atoms with van der Waals surface area (Å²) in [5.41, 5.74) is 2.04. The largest absolute Gasteiger partial charge is 0.497 e. The molecule has 0 saturated carbocycles. The average molecular weight is 379 g/mol. The van der Waals surface area contributed by atoms with Gasteiger partial charge in [-0.3, -0.25) is 4.79 Å². The van der Waals surface area contributed by atoms with Crippen molar-refractivity contribution in [2.24, 2.45) is 0 Å². The predicted molar refractivity (Wildman–Crippen MR) is 105 cm³/mol. The number of methoxy groups -OCH3 is 1. The minimum Gasteiger partial charge on any atom is -0.497 e. The van der Waals surface area contributed by atoms with Gasteiger partial charge in [-0.05, 0) is 56.3 Å². The van der Waals surface area contributed by atoms with Crippen LogP contribution in [-0.2, 0) is 11.3 Å². The molecule has 0 amide bonds. The molecule has 144 valence electrons. The molecule has 0 fully saturated rings. The maximum atomic E-state index is 12.5. The van der Waals surface area contributed by atoms with Gasteiger partial charge in [-0.2, -0.15) is 0 Å². The summed E-state index contributed by atoms with van der Waals surface area (Å²) in [6, 6.07) is 13.9. The number of carbonyl (C=O) groups is 2. The van der Waals surface area contributed by atoms with Crippen LogP contribution in [0.25, 0.3) is 10.9 Å². The first kappa shape index (κ1) is 19.4. The standard InChI is InChI=1S/C22H21NO5/c1-4-27-21-10-6-15(14(2)24)11-17(21)13-28-22(25)20-8-5-16-12-18(26-3)7-9-19(16)23-20/h5-12H,4,13H2,1-3H3. The molecule has 6 nitrogen and oxygen atoms in total. The molecular formula is C22H21NO5. The lowest BCUT2D eigenvalue weighted by Gasteiger charge is -2.12. The highest BCUT2D eigenvalue weighted by Gasteiger charge is 2.14. The molecule has 0 spiro atoms. The maximum absolute atomic E-state index is 12.5. The molecule has 0 unspecified atom stereocenters. The Morgan fingerprint density at radius 3 is 2.57 bits per heavy atom. The highest BCUT2D eigenvalue weighted by molar-refractivity contribution is 5.94. The van der Waals surface area contributed by atoms with Gasteiger partial charge in [-0.15, -0.1) is 0 Å². The quantitative estimate of drug-likeness (QED) is 0.452. The molecule has 0 aliphatic heterocycles. The smallest absolute Gasteiger partial charge is 0.357 e. The van der Waals surface area contributed by atoms with Crippen molar-refractivity contribution in [1.82, 2.24) is 4.98 Å². The summed E-state index contributed by atoms with van der Waals surface area (Å²) in [5.74, 6) is 0.688. The summed E-state index contributed by atoms with van der Waals surface area (Å²) in [5, 5.41) is 0.865. The van der Waals surface area contributed by atoms with Gasteiger partial charge in [0.25, 0.3) is 0 Å². The Morgan fingerprint density at radius 2 is 1.86 bits per heavy atom. The van der Waals surface area contributed by atoms with Crippen molar-refractivity contribution in [1.29, 1.82) is 0 Å². The van der Waals surface area contributed by atoms with E-state index < -0.39 is 5.97 Å². The van der Waals surface area contributed by atoms with Gasteiger partial charge in [0.05, 0.1) is 19.2 Å². The second-order valence-corrected chi connectivity index (χ2v) is 6.14. The van der Waals surface area contributed by atoms with E-state index in [9.17, 15) is 9.59 Å². The van der Waals surface area contributed by atoms with Gasteiger partial charge >= 0.3 is 5.97 Å². The first-order valence-corrected chi connectivity index (χ1v) is 8.90. The van der Waals surface area contributed by atoms with Gasteiger partial charge < -0.3 is 14.2 Å². The number of ether oxygens (including phenoxy) is 3. The normalized spacial score (nSPS) is 10.5. The summed E-state index contributed by atoms with van der Waals surface area (Å²) in [6.45, 7) is 3.80. The Balaban J connectivity index is 1.79. The van der Waals surface area contributed by atoms with Crippen LogP contribution in [-0.4, -0.2) is 30.5 Å². The number of benzene rings is 2. The van der Waals surface area contributed by atoms with Crippen LogP contribution < -0.4 is 9.47 Å². The maximum Gasteiger partial charge on any atom is 0.357 e. The SMILES string of the molecule is CCOc1ccc(C(C)=O)cc1COC(=O)c1ccc2cc(OC)ccc2n1. The molecule has 0 aliphatic rings. The molecule has 6 heteroatoms. The van der Waals surface area contributed by atoms with Crippen LogP contribution in [0.5, 0.6) is 11.5 Å². The van der Waals surface area contributed by atoms with Gasteiger partial charge in [0.1, 0.15) is 23.8 Å². The minimum atomic E-state index is -0.548. The van der Waals surface area contributed by atoms with E-state index >= 15 is 0 Å². The van der Waals surface area contributed by atoms with Crippen molar-refractivity contribution in [3.8, 4) is 11.5 Å². The van der Waals surface area contributed by atoms with Crippen LogP contribution in [0.4, 0.5) is 0 Å². The van der Waals surface area contributed by atoms with Crippen LogP contribution in [0.3, 0.4) is 0 Å². The van der Waals surface area contributed by atoms with Crippen molar-refractivity contribution < 1.29 is 23.8 Å². The van der Waals surface area contributed by atoms with E-state index in [0.717, 1.165) is 11.1 Å². The van der Waals surface area contributed by atoms with Crippen molar-refractivity contribution in [3.05, 3.63) is 65.4 Å². The van der Waals surface area contributed by atoms with E-state index in [1.54, 1.807) is 49.6 Å². The Bertz CT molecular complexity index is 1030. The Hall–Kier alpha value is -3.41. The fourth-order valence-electron chi connectivity index (χ4n) is 2.77. The summed E-state index contributed by atoms with van der Waals surface area (Å²) in [6.07, 6.45) is 0. The molecule has 28 heavy (non-hydrogen) atoms. The molecule has 1 aromatic heterocycles. The highest BCUT2D eigenvalue weighted by Crippen LogP contribution is 2.23. The van der Waals surface area contributed by atoms with Crippen LogP contribution in [0.1, 0.15) is 40.3 Å². The number of hydrogen-bond acceptors (Lipinski definition) is 6. The number of aromatic nitrogens is 1. The molecule has 3 rings (SSSR count). The van der Waals surface area contributed by atoms with Gasteiger partial charge in [-0.1, -0.05) is 6.07 Å². The fraction of sp³-hybridized carbons (Fsp3) is 0.227. The molecule has 0 atom stereocenters. The zero-order chi connectivity index (χ0) is 20.1. The fourth-order valence-corrected chi connectivity index (χ4v) is 2.77. The topological polar surface area (TPSA) is 74.7 Å². The third-order valence-electron chi connectivity index (χ3n) is 4.23. The van der Waals surface area contributed by atoms with Crippen LogP contribution in [0, 0.1) is 0 Å². The molecule has 0 radical (unpaired) electrons. The number of hydrogen-bond donors (Lipinski definition) is 0. The van der Waals surface area contributed by atoms with E-state index in [1.807, 2.05) is 13.0 Å². The van der Waals surface area contributed by atoms with Crippen LogP contribution in [0.2, 0.25) is 0 Å². The van der Waals surface area contributed by atoms with Gasteiger partial charge in [0.2, 0.25) is 0 Å². The van der Waals surface area contributed by atoms with Gasteiger partial charge in [-0.25, -0.2) is 9.78 Å². The minimum absolute atomic E-state index is 0.0163. The number of nitrogens with zero attached hydrogens (tertiary/aromatic N) is 1. The third kappa shape index (κ3) is 4.28. The second-order valence-electron chi connectivity index (χ2n) is 6.14. The van der Waals surface area contributed by atoms with Crippen molar-refractivity contribution in [2.75, 3.05) is 13.7 Å². The van der Waals surface area contributed by atoms with Crippen LogP contribution in [0.15, 0.2) is 48.5 Å². The third-order valence-corrected chi connectivity index (χ3v) is 4.23. The summed E-state index contributed by atoms with van der Waals surface area (Å²) in [4.78, 5) is 28.4. The van der Waals surface area contributed by atoms with Crippen molar-refractivity contribution in [2.45, 2.75) is 20.5 Å². The summed E-state index contributed by atoms with van der Waals surface area (Å²) in [7, 11) is 1.60. The molecule has 2 aromatic carbocycles. The number of pyridine rings is 1. The lowest BCUT2D eigenvalue weighted by molar-refractivity contribution is 0.0463. The number of Topliss-reactive ketones (excluding diaryl/α,β-unsaturated/α-hetero) is 1. The summed E-state index contributed by atoms with van der Waals surface area (Å²) >= 11 is 0. The zero-order valence-electron chi connectivity index (χ0n) is 16.0. The number of carbonyl (C=O) groups excluding carboxylic acids is 2. The Kier molecular flexibility index (Phi) is 5.89. The summed E-state index contributed by atoms with van der Waals surface area (Å²) < 4.78 is 16.2.